The first-order chi connectivity index (χ1) is 14.5. The fourth-order valence-corrected chi connectivity index (χ4v) is 3.73. The van der Waals surface area contributed by atoms with Gasteiger partial charge in [-0.3, -0.25) is 4.79 Å². The number of carbonyl (C=O) groups excluding carboxylic acids is 1. The van der Waals surface area contributed by atoms with Gasteiger partial charge in [0, 0.05) is 35.3 Å². The van der Waals surface area contributed by atoms with Gasteiger partial charge in [0.1, 0.15) is 5.82 Å². The molecule has 0 bridgehead atoms. The van der Waals surface area contributed by atoms with Crippen LogP contribution in [0.5, 0.6) is 0 Å². The highest BCUT2D eigenvalue weighted by atomic mass is 35.5. The van der Waals surface area contributed by atoms with E-state index in [1.54, 1.807) is 18.2 Å². The van der Waals surface area contributed by atoms with Crippen LogP contribution >= 0.6 is 11.6 Å². The lowest BCUT2D eigenvalue weighted by molar-refractivity contribution is -0.120. The summed E-state index contributed by atoms with van der Waals surface area (Å²) in [6, 6.07) is 15.5. The quantitative estimate of drug-likeness (QED) is 0.633. The minimum absolute atomic E-state index is 0.0207. The number of nitrogens with zero attached hydrogens (tertiary/aromatic N) is 3. The lowest BCUT2D eigenvalue weighted by atomic mass is 9.95. The van der Waals surface area contributed by atoms with Crippen LogP contribution in [0.15, 0.2) is 54.6 Å². The van der Waals surface area contributed by atoms with Crippen molar-refractivity contribution >= 4 is 29.0 Å². The smallest absolute Gasteiger partial charge is 0.227 e. The maximum Gasteiger partial charge on any atom is 0.227 e. The van der Waals surface area contributed by atoms with E-state index >= 15 is 0 Å². The Morgan fingerprint density at radius 2 is 1.80 bits per heavy atom. The van der Waals surface area contributed by atoms with Gasteiger partial charge in [-0.1, -0.05) is 17.7 Å². The number of halogens is 2. The summed E-state index contributed by atoms with van der Waals surface area (Å²) in [4.78, 5) is 14.7. The number of carbonyl (C=O) groups is 1. The Balaban J connectivity index is 1.34. The van der Waals surface area contributed by atoms with Gasteiger partial charge in [0.15, 0.2) is 5.82 Å². The molecule has 0 radical (unpaired) electrons. The molecular formula is C23H22ClFN4O. The van der Waals surface area contributed by atoms with Crippen molar-refractivity contribution in [2.45, 2.75) is 19.8 Å². The number of hydrogen-bond donors (Lipinski definition) is 1. The van der Waals surface area contributed by atoms with Crippen LogP contribution in [0.4, 0.5) is 15.9 Å². The molecule has 0 aliphatic carbocycles. The average molecular weight is 425 g/mol. The third kappa shape index (κ3) is 4.60. The number of anilines is 2. The summed E-state index contributed by atoms with van der Waals surface area (Å²) >= 11 is 6.14. The second-order valence-electron chi connectivity index (χ2n) is 7.50. The molecule has 7 heteroatoms. The highest BCUT2D eigenvalue weighted by Crippen LogP contribution is 2.26. The van der Waals surface area contributed by atoms with E-state index in [1.165, 1.54) is 12.1 Å². The molecule has 4 rings (SSSR count). The van der Waals surface area contributed by atoms with Crippen molar-refractivity contribution in [1.82, 2.24) is 10.2 Å². The molecule has 2 aromatic carbocycles. The lowest BCUT2D eigenvalue weighted by Gasteiger charge is -2.31. The summed E-state index contributed by atoms with van der Waals surface area (Å²) in [5.41, 5.74) is 3.22. The molecule has 1 aliphatic heterocycles. The predicted octanol–water partition coefficient (Wildman–Crippen LogP) is 5.10. The van der Waals surface area contributed by atoms with E-state index in [0.29, 0.717) is 10.7 Å². The molecule has 1 saturated heterocycles. The van der Waals surface area contributed by atoms with Crippen LogP contribution in [0, 0.1) is 18.7 Å². The normalized spacial score (nSPS) is 14.6. The van der Waals surface area contributed by atoms with Crippen LogP contribution in [0.3, 0.4) is 0 Å². The van der Waals surface area contributed by atoms with Crippen LogP contribution < -0.4 is 10.2 Å². The highest BCUT2D eigenvalue weighted by Gasteiger charge is 2.26. The topological polar surface area (TPSA) is 58.1 Å². The third-order valence-corrected chi connectivity index (χ3v) is 5.83. The van der Waals surface area contributed by atoms with E-state index in [-0.39, 0.29) is 17.6 Å². The number of rotatable bonds is 4. The molecule has 5 nitrogen and oxygen atoms in total. The standard InChI is InChI=1S/C23H22ClFN4O/c1-15-2-7-19(14-20(15)24)26-23(30)17-10-12-29(13-11-17)22-9-8-21(27-28-22)16-3-5-18(25)6-4-16/h2-9,14,17H,10-13H2,1H3,(H,26,30). The molecule has 0 atom stereocenters. The zero-order valence-electron chi connectivity index (χ0n) is 16.6. The van der Waals surface area contributed by atoms with Gasteiger partial charge in [0.2, 0.25) is 5.91 Å². The Kier molecular flexibility index (Phi) is 5.95. The van der Waals surface area contributed by atoms with Gasteiger partial charge in [-0.2, -0.15) is 0 Å². The minimum Gasteiger partial charge on any atom is -0.355 e. The van der Waals surface area contributed by atoms with Crippen LogP contribution in [0.2, 0.25) is 5.02 Å². The predicted molar refractivity (Wildman–Crippen MR) is 117 cm³/mol. The summed E-state index contributed by atoms with van der Waals surface area (Å²) in [7, 11) is 0. The van der Waals surface area contributed by atoms with Crippen molar-refractivity contribution < 1.29 is 9.18 Å². The Hall–Kier alpha value is -2.99. The summed E-state index contributed by atoms with van der Waals surface area (Å²) in [5, 5.41) is 12.2. The summed E-state index contributed by atoms with van der Waals surface area (Å²) in [5.74, 6) is 0.478. The summed E-state index contributed by atoms with van der Waals surface area (Å²) in [6.45, 7) is 3.40. The summed E-state index contributed by atoms with van der Waals surface area (Å²) in [6.07, 6.45) is 1.49. The fourth-order valence-electron chi connectivity index (χ4n) is 3.55. The van der Waals surface area contributed by atoms with Gasteiger partial charge in [0.05, 0.1) is 5.69 Å². The van der Waals surface area contributed by atoms with Crippen molar-refractivity contribution in [1.29, 1.82) is 0 Å². The van der Waals surface area contributed by atoms with Crippen molar-refractivity contribution in [2.75, 3.05) is 23.3 Å². The lowest BCUT2D eigenvalue weighted by Crippen LogP contribution is -2.38. The third-order valence-electron chi connectivity index (χ3n) is 5.42. The van der Waals surface area contributed by atoms with E-state index < -0.39 is 0 Å². The van der Waals surface area contributed by atoms with E-state index in [1.807, 2.05) is 31.2 Å². The van der Waals surface area contributed by atoms with E-state index in [4.69, 9.17) is 11.6 Å². The average Bonchev–Trinajstić information content (AvgIpc) is 2.77. The Bertz CT molecular complexity index is 1030. The largest absolute Gasteiger partial charge is 0.355 e. The molecule has 1 amide bonds. The molecule has 154 valence electrons. The van der Waals surface area contributed by atoms with Gasteiger partial charge in [0.25, 0.3) is 0 Å². The van der Waals surface area contributed by atoms with Crippen LogP contribution in [0.25, 0.3) is 11.3 Å². The van der Waals surface area contributed by atoms with Gasteiger partial charge < -0.3 is 10.2 Å². The van der Waals surface area contributed by atoms with Gasteiger partial charge in [-0.15, -0.1) is 10.2 Å². The second kappa shape index (κ2) is 8.79. The second-order valence-corrected chi connectivity index (χ2v) is 7.91. The first-order valence-electron chi connectivity index (χ1n) is 9.91. The molecule has 0 unspecified atom stereocenters. The molecule has 1 fully saturated rings. The molecular weight excluding hydrogens is 403 g/mol. The van der Waals surface area contributed by atoms with Crippen molar-refractivity contribution in [3.63, 3.8) is 0 Å². The zero-order chi connectivity index (χ0) is 21.1. The van der Waals surface area contributed by atoms with Crippen LogP contribution in [0.1, 0.15) is 18.4 Å². The maximum atomic E-state index is 13.1. The minimum atomic E-state index is -0.277. The molecule has 0 saturated carbocycles. The number of piperidine rings is 1. The van der Waals surface area contributed by atoms with Crippen molar-refractivity contribution in [3.05, 3.63) is 71.0 Å². The molecule has 2 heterocycles. The molecule has 0 spiro atoms. The van der Waals surface area contributed by atoms with E-state index in [0.717, 1.165) is 48.6 Å². The Labute approximate surface area is 179 Å². The molecule has 1 aliphatic rings. The maximum absolute atomic E-state index is 13.1. The van der Waals surface area contributed by atoms with Crippen molar-refractivity contribution in [3.8, 4) is 11.3 Å². The molecule has 30 heavy (non-hydrogen) atoms. The van der Waals surface area contributed by atoms with Crippen LogP contribution in [-0.4, -0.2) is 29.2 Å². The number of aryl methyl sites for hydroxylation is 1. The van der Waals surface area contributed by atoms with E-state index in [9.17, 15) is 9.18 Å². The highest BCUT2D eigenvalue weighted by molar-refractivity contribution is 6.31. The first-order valence-corrected chi connectivity index (χ1v) is 10.3. The molecule has 3 aromatic rings. The molecule has 1 N–H and O–H groups in total. The SMILES string of the molecule is Cc1ccc(NC(=O)C2CCN(c3ccc(-c4ccc(F)cc4)nn3)CC2)cc1Cl. The Morgan fingerprint density at radius 3 is 2.43 bits per heavy atom. The van der Waals surface area contributed by atoms with Crippen LogP contribution in [-0.2, 0) is 4.79 Å². The molecule has 1 aromatic heterocycles. The fraction of sp³-hybridized carbons (Fsp3) is 0.261. The van der Waals surface area contributed by atoms with Gasteiger partial charge >= 0.3 is 0 Å². The number of aromatic nitrogens is 2. The monoisotopic (exact) mass is 424 g/mol. The van der Waals surface area contributed by atoms with Gasteiger partial charge in [-0.05, 0) is 73.9 Å². The van der Waals surface area contributed by atoms with Gasteiger partial charge in [-0.25, -0.2) is 4.39 Å². The number of benzene rings is 2. The number of amides is 1. The number of nitrogens with one attached hydrogen (secondary N) is 1. The summed E-state index contributed by atoms with van der Waals surface area (Å²) < 4.78 is 13.1. The number of hydrogen-bond acceptors (Lipinski definition) is 4. The zero-order valence-corrected chi connectivity index (χ0v) is 17.4. The Morgan fingerprint density at radius 1 is 1.07 bits per heavy atom. The first kappa shape index (κ1) is 20.3. The van der Waals surface area contributed by atoms with Crippen molar-refractivity contribution in [2.24, 2.45) is 5.92 Å². The van der Waals surface area contributed by atoms with E-state index in [2.05, 4.69) is 20.4 Å².